The molecule has 2 heterocycles. The van der Waals surface area contributed by atoms with E-state index < -0.39 is 0 Å². The summed E-state index contributed by atoms with van der Waals surface area (Å²) in [5.41, 5.74) is 0.833. The summed E-state index contributed by atoms with van der Waals surface area (Å²) < 4.78 is 5.79. The van der Waals surface area contributed by atoms with E-state index in [1.54, 1.807) is 0 Å². The molecule has 1 amide bonds. The molecule has 0 aliphatic carbocycles. The number of hydrogen-bond acceptors (Lipinski definition) is 3. The van der Waals surface area contributed by atoms with Gasteiger partial charge in [0.2, 0.25) is 5.91 Å². The summed E-state index contributed by atoms with van der Waals surface area (Å²) in [4.78, 5) is 12.4. The second kappa shape index (κ2) is 7.16. The summed E-state index contributed by atoms with van der Waals surface area (Å²) in [6.07, 6.45) is 1.10. The van der Waals surface area contributed by atoms with Crippen LogP contribution >= 0.6 is 12.4 Å². The van der Waals surface area contributed by atoms with Crippen LogP contribution in [0.15, 0.2) is 34.7 Å². The quantitative estimate of drug-likeness (QED) is 0.913. The molecule has 120 valence electrons. The topological polar surface area (TPSA) is 54.3 Å². The average molecular weight is 323 g/mol. The molecule has 2 aromatic rings. The van der Waals surface area contributed by atoms with Crippen LogP contribution in [0.3, 0.4) is 0 Å². The number of furan rings is 1. The maximum absolute atomic E-state index is 12.4. The number of benzene rings is 1. The number of carbonyl (C=O) groups excluding carboxylic acids is 1. The van der Waals surface area contributed by atoms with Gasteiger partial charge < -0.3 is 15.1 Å². The second-order valence-corrected chi connectivity index (χ2v) is 5.99. The van der Waals surface area contributed by atoms with E-state index in [-0.39, 0.29) is 30.3 Å². The van der Waals surface area contributed by atoms with Crippen molar-refractivity contribution in [2.45, 2.75) is 32.2 Å². The minimum absolute atomic E-state index is 0. The van der Waals surface area contributed by atoms with Crippen LogP contribution in [0, 0.1) is 5.92 Å². The number of carbonyl (C=O) groups is 1. The molecule has 2 N–H and O–H groups in total. The van der Waals surface area contributed by atoms with Crippen LogP contribution in [0.5, 0.6) is 0 Å². The Labute approximate surface area is 137 Å². The number of para-hydroxylation sites is 1. The maximum atomic E-state index is 12.4. The van der Waals surface area contributed by atoms with Gasteiger partial charge in [-0.3, -0.25) is 4.79 Å². The average Bonchev–Trinajstić information content (AvgIpc) is 2.92. The highest BCUT2D eigenvalue weighted by molar-refractivity contribution is 5.86. The lowest BCUT2D eigenvalue weighted by Crippen LogP contribution is -2.51. The molecule has 22 heavy (non-hydrogen) atoms. The van der Waals surface area contributed by atoms with Gasteiger partial charge in [0.05, 0.1) is 5.92 Å². The minimum atomic E-state index is -0.272. The monoisotopic (exact) mass is 322 g/mol. The summed E-state index contributed by atoms with van der Waals surface area (Å²) in [6, 6.07) is 10.0. The van der Waals surface area contributed by atoms with Gasteiger partial charge in [-0.1, -0.05) is 25.1 Å². The molecular weight excluding hydrogens is 300 g/mol. The van der Waals surface area contributed by atoms with Gasteiger partial charge in [0.25, 0.3) is 0 Å². The summed E-state index contributed by atoms with van der Waals surface area (Å²) in [5.74, 6) is 1.00. The van der Waals surface area contributed by atoms with Crippen LogP contribution < -0.4 is 10.6 Å². The van der Waals surface area contributed by atoms with Gasteiger partial charge >= 0.3 is 0 Å². The first kappa shape index (κ1) is 16.8. The Hall–Kier alpha value is -1.52. The van der Waals surface area contributed by atoms with Gasteiger partial charge in [-0.25, -0.2) is 0 Å². The van der Waals surface area contributed by atoms with Crippen LogP contribution in [0.2, 0.25) is 0 Å². The zero-order chi connectivity index (χ0) is 14.8. The minimum Gasteiger partial charge on any atom is -0.460 e. The molecule has 0 saturated carbocycles. The zero-order valence-corrected chi connectivity index (χ0v) is 13.8. The lowest BCUT2D eigenvalue weighted by molar-refractivity contribution is -0.123. The largest absolute Gasteiger partial charge is 0.460 e. The molecule has 1 fully saturated rings. The van der Waals surface area contributed by atoms with Gasteiger partial charge in [0, 0.05) is 18.0 Å². The van der Waals surface area contributed by atoms with Gasteiger partial charge in [0.1, 0.15) is 11.3 Å². The highest BCUT2D eigenvalue weighted by Crippen LogP contribution is 2.25. The van der Waals surface area contributed by atoms with Gasteiger partial charge in [-0.05, 0) is 37.9 Å². The van der Waals surface area contributed by atoms with Crippen molar-refractivity contribution in [3.63, 3.8) is 0 Å². The molecule has 4 nitrogen and oxygen atoms in total. The molecule has 3 unspecified atom stereocenters. The van der Waals surface area contributed by atoms with Crippen molar-refractivity contribution in [2.24, 2.45) is 5.92 Å². The lowest BCUT2D eigenvalue weighted by atomic mass is 9.94. The first-order valence-electron chi connectivity index (χ1n) is 7.64. The predicted molar refractivity (Wildman–Crippen MR) is 90.5 cm³/mol. The van der Waals surface area contributed by atoms with Gasteiger partial charge in [-0.15, -0.1) is 12.4 Å². The summed E-state index contributed by atoms with van der Waals surface area (Å²) in [5, 5.41) is 7.52. The number of fused-ring (bicyclic) bond motifs is 1. The molecule has 1 aromatic carbocycles. The van der Waals surface area contributed by atoms with Crippen LogP contribution in [-0.4, -0.2) is 25.0 Å². The number of nitrogens with one attached hydrogen (secondary N) is 2. The molecule has 1 saturated heterocycles. The third kappa shape index (κ3) is 3.45. The van der Waals surface area contributed by atoms with Crippen molar-refractivity contribution >= 4 is 29.3 Å². The Kier molecular flexibility index (Phi) is 5.48. The molecule has 0 bridgehead atoms. The number of rotatable bonds is 3. The maximum Gasteiger partial charge on any atom is 0.230 e. The van der Waals surface area contributed by atoms with Crippen molar-refractivity contribution in [2.75, 3.05) is 13.1 Å². The Morgan fingerprint density at radius 3 is 2.91 bits per heavy atom. The second-order valence-electron chi connectivity index (χ2n) is 5.99. The Morgan fingerprint density at radius 1 is 1.41 bits per heavy atom. The van der Waals surface area contributed by atoms with Crippen molar-refractivity contribution in [1.29, 1.82) is 0 Å². The van der Waals surface area contributed by atoms with E-state index in [0.29, 0.717) is 5.92 Å². The first-order valence-corrected chi connectivity index (χ1v) is 7.64. The fourth-order valence-corrected chi connectivity index (χ4v) is 2.84. The molecule has 5 heteroatoms. The fourth-order valence-electron chi connectivity index (χ4n) is 2.84. The normalized spacial score (nSPS) is 22.8. The Balaban J connectivity index is 0.00000176. The predicted octanol–water partition coefficient (Wildman–Crippen LogP) is 3.07. The van der Waals surface area contributed by atoms with Crippen molar-refractivity contribution in [1.82, 2.24) is 10.6 Å². The van der Waals surface area contributed by atoms with Crippen molar-refractivity contribution in [3.8, 4) is 0 Å². The molecule has 1 aliphatic rings. The summed E-state index contributed by atoms with van der Waals surface area (Å²) >= 11 is 0. The highest BCUT2D eigenvalue weighted by atomic mass is 35.5. The van der Waals surface area contributed by atoms with E-state index in [0.717, 1.165) is 36.2 Å². The molecule has 3 rings (SSSR count). The third-order valence-electron chi connectivity index (χ3n) is 4.42. The van der Waals surface area contributed by atoms with E-state index in [1.165, 1.54) is 0 Å². The van der Waals surface area contributed by atoms with E-state index >= 15 is 0 Å². The first-order chi connectivity index (χ1) is 10.1. The summed E-state index contributed by atoms with van der Waals surface area (Å²) in [7, 11) is 0. The zero-order valence-electron chi connectivity index (χ0n) is 13.0. The van der Waals surface area contributed by atoms with E-state index in [2.05, 4.69) is 17.6 Å². The molecule has 1 aromatic heterocycles. The number of amides is 1. The van der Waals surface area contributed by atoms with Gasteiger partial charge in [0.15, 0.2) is 0 Å². The standard InChI is InChI=1S/C17H22N2O2.ClH/c1-11-7-8-18-10-14(11)19-17(20)12(2)16-9-13-5-3-4-6-15(13)21-16;/h3-6,9,11-12,14,18H,7-8,10H2,1-2H3,(H,19,20);1H. The fraction of sp³-hybridized carbons (Fsp3) is 0.471. The molecule has 0 radical (unpaired) electrons. The van der Waals surface area contributed by atoms with Crippen molar-refractivity contribution < 1.29 is 9.21 Å². The third-order valence-corrected chi connectivity index (χ3v) is 4.42. The smallest absolute Gasteiger partial charge is 0.230 e. The van der Waals surface area contributed by atoms with Crippen LogP contribution in [0.1, 0.15) is 31.9 Å². The lowest BCUT2D eigenvalue weighted by Gasteiger charge is -2.30. The van der Waals surface area contributed by atoms with Crippen LogP contribution in [-0.2, 0) is 4.79 Å². The van der Waals surface area contributed by atoms with E-state index in [1.807, 2.05) is 37.3 Å². The SMILES string of the molecule is CC(C(=O)NC1CNCCC1C)c1cc2ccccc2o1.Cl. The molecule has 3 atom stereocenters. The Morgan fingerprint density at radius 2 is 2.18 bits per heavy atom. The number of halogens is 1. The Bertz CT molecular complexity index is 607. The highest BCUT2D eigenvalue weighted by Gasteiger charge is 2.26. The molecular formula is C17H23ClN2O2. The number of piperidine rings is 1. The van der Waals surface area contributed by atoms with Crippen LogP contribution in [0.25, 0.3) is 11.0 Å². The van der Waals surface area contributed by atoms with Crippen molar-refractivity contribution in [3.05, 3.63) is 36.1 Å². The van der Waals surface area contributed by atoms with Gasteiger partial charge in [-0.2, -0.15) is 0 Å². The van der Waals surface area contributed by atoms with Crippen LogP contribution in [0.4, 0.5) is 0 Å². The molecule has 0 spiro atoms. The van der Waals surface area contributed by atoms with E-state index in [9.17, 15) is 4.79 Å². The summed E-state index contributed by atoms with van der Waals surface area (Å²) in [6.45, 7) is 5.97. The number of hydrogen-bond donors (Lipinski definition) is 2. The van der Waals surface area contributed by atoms with E-state index in [4.69, 9.17) is 4.42 Å². The molecule has 1 aliphatic heterocycles.